The van der Waals surface area contributed by atoms with E-state index in [0.717, 1.165) is 14.3 Å². The molecule has 42 heavy (non-hydrogen) atoms. The molecule has 0 aromatic heterocycles. The number of hydrogen-bond donors (Lipinski definition) is 1. The Morgan fingerprint density at radius 2 is 1.45 bits per heavy atom. The fourth-order valence-corrected chi connectivity index (χ4v) is 6.43. The van der Waals surface area contributed by atoms with Gasteiger partial charge in [0.05, 0.1) is 20.6 Å². The monoisotopic (exact) mass is 687 g/mol. The molecule has 7 nitrogen and oxygen atoms in total. The smallest absolute Gasteiger partial charge is 0.264 e. The van der Waals surface area contributed by atoms with Gasteiger partial charge in [-0.05, 0) is 59.7 Å². The molecule has 1 N–H and O–H groups in total. The maximum absolute atomic E-state index is 14.3. The number of nitrogens with one attached hydrogen (secondary N) is 1. The Kier molecular flexibility index (Phi) is 10.7. The summed E-state index contributed by atoms with van der Waals surface area (Å²) in [5.74, 6) is -0.971. The van der Waals surface area contributed by atoms with Gasteiger partial charge in [-0.15, -0.1) is 0 Å². The van der Waals surface area contributed by atoms with Crippen molar-refractivity contribution in [2.75, 3.05) is 17.9 Å². The molecule has 0 heterocycles. The third-order valence-electron chi connectivity index (χ3n) is 6.58. The van der Waals surface area contributed by atoms with Crippen LogP contribution in [0.5, 0.6) is 0 Å². The molecule has 0 radical (unpaired) electrons. The highest BCUT2D eigenvalue weighted by atomic mass is 79.9. The Morgan fingerprint density at radius 3 is 2.05 bits per heavy atom. The van der Waals surface area contributed by atoms with Crippen LogP contribution in [0.2, 0.25) is 10.0 Å². The zero-order valence-electron chi connectivity index (χ0n) is 22.6. The molecule has 0 aliphatic rings. The highest BCUT2D eigenvalue weighted by Gasteiger charge is 2.34. The van der Waals surface area contributed by atoms with E-state index in [1.54, 1.807) is 60.7 Å². The lowest BCUT2D eigenvalue weighted by Crippen LogP contribution is -2.53. The van der Waals surface area contributed by atoms with Gasteiger partial charge in [0, 0.05) is 24.5 Å². The van der Waals surface area contributed by atoms with Gasteiger partial charge in [-0.25, -0.2) is 8.42 Å². The van der Waals surface area contributed by atoms with E-state index < -0.39 is 34.4 Å². The van der Waals surface area contributed by atoms with E-state index in [1.807, 2.05) is 30.3 Å². The minimum Gasteiger partial charge on any atom is -0.357 e. The second-order valence-corrected chi connectivity index (χ2v) is 13.0. The number of sulfonamides is 1. The molecule has 2 amide bonds. The van der Waals surface area contributed by atoms with Crippen molar-refractivity contribution in [1.29, 1.82) is 0 Å². The zero-order chi connectivity index (χ0) is 30.3. The molecular formula is C31H28BrCl2N3O4S. The molecule has 0 saturated carbocycles. The maximum atomic E-state index is 14.3. The lowest BCUT2D eigenvalue weighted by atomic mass is 10.0. The van der Waals surface area contributed by atoms with Gasteiger partial charge >= 0.3 is 0 Å². The largest absolute Gasteiger partial charge is 0.357 e. The van der Waals surface area contributed by atoms with Gasteiger partial charge in [0.15, 0.2) is 0 Å². The van der Waals surface area contributed by atoms with Crippen LogP contribution in [0.15, 0.2) is 112 Å². The standard InChI is InChI=1S/C31H28BrCl2N3O4S/c1-35-31(39)29(19-22-8-4-2-5-9-22)36(20-23-12-17-27(33)28(34)18-23)30(38)21-37(25-15-13-24(32)14-16-25)42(40,41)26-10-6-3-7-11-26/h2-18,29H,19-21H2,1H3,(H,35,39)/t29-/m1/s1. The quantitative estimate of drug-likeness (QED) is 0.199. The van der Waals surface area contributed by atoms with E-state index in [-0.39, 0.29) is 17.9 Å². The van der Waals surface area contributed by atoms with Gasteiger partial charge in [-0.3, -0.25) is 13.9 Å². The number of rotatable bonds is 11. The Bertz CT molecular complexity index is 1640. The molecule has 4 aromatic rings. The average Bonchev–Trinajstić information content (AvgIpc) is 3.00. The van der Waals surface area contributed by atoms with Crippen LogP contribution in [0.1, 0.15) is 11.1 Å². The predicted molar refractivity (Wildman–Crippen MR) is 170 cm³/mol. The van der Waals surface area contributed by atoms with Crippen molar-refractivity contribution in [1.82, 2.24) is 10.2 Å². The fourth-order valence-electron chi connectivity index (χ4n) is 4.41. The van der Waals surface area contributed by atoms with Crippen molar-refractivity contribution in [3.05, 3.63) is 129 Å². The Hall–Kier alpha value is -3.37. The summed E-state index contributed by atoms with van der Waals surface area (Å²) >= 11 is 15.8. The molecule has 0 aliphatic heterocycles. The van der Waals surface area contributed by atoms with Gasteiger partial charge in [0.25, 0.3) is 10.0 Å². The number of likely N-dealkylation sites (N-methyl/N-ethyl adjacent to an activating group) is 1. The topological polar surface area (TPSA) is 86.8 Å². The number of benzene rings is 4. The first-order chi connectivity index (χ1) is 20.1. The van der Waals surface area contributed by atoms with E-state index >= 15 is 0 Å². The Labute approximate surface area is 264 Å². The number of carbonyl (C=O) groups is 2. The second-order valence-electron chi connectivity index (χ2n) is 9.39. The van der Waals surface area contributed by atoms with Crippen molar-refractivity contribution in [2.45, 2.75) is 23.9 Å². The van der Waals surface area contributed by atoms with Gasteiger partial charge in [-0.2, -0.15) is 0 Å². The number of halogens is 3. The molecule has 0 unspecified atom stereocenters. The molecule has 0 fully saturated rings. The lowest BCUT2D eigenvalue weighted by Gasteiger charge is -2.33. The highest BCUT2D eigenvalue weighted by Crippen LogP contribution is 2.27. The first kappa shape index (κ1) is 31.6. The van der Waals surface area contributed by atoms with Crippen LogP contribution in [0.3, 0.4) is 0 Å². The van der Waals surface area contributed by atoms with Crippen LogP contribution in [-0.4, -0.2) is 44.8 Å². The van der Waals surface area contributed by atoms with E-state index in [2.05, 4.69) is 21.2 Å². The molecule has 0 saturated heterocycles. The molecule has 1 atom stereocenters. The van der Waals surface area contributed by atoms with Crippen molar-refractivity contribution in [3.63, 3.8) is 0 Å². The third kappa shape index (κ3) is 7.72. The van der Waals surface area contributed by atoms with E-state index in [0.29, 0.717) is 21.3 Å². The maximum Gasteiger partial charge on any atom is 0.264 e. The van der Waals surface area contributed by atoms with Gasteiger partial charge < -0.3 is 10.2 Å². The molecule has 4 aromatic carbocycles. The number of nitrogens with zero attached hydrogens (tertiary/aromatic N) is 2. The van der Waals surface area contributed by atoms with Gasteiger partial charge in [0.1, 0.15) is 12.6 Å². The number of anilines is 1. The van der Waals surface area contributed by atoms with Crippen molar-refractivity contribution < 1.29 is 18.0 Å². The van der Waals surface area contributed by atoms with Crippen molar-refractivity contribution >= 4 is 66.7 Å². The molecular weight excluding hydrogens is 661 g/mol. The summed E-state index contributed by atoms with van der Waals surface area (Å²) in [7, 11) is -2.66. The summed E-state index contributed by atoms with van der Waals surface area (Å²) in [4.78, 5) is 29.0. The van der Waals surface area contributed by atoms with Crippen molar-refractivity contribution in [2.24, 2.45) is 0 Å². The second kappa shape index (κ2) is 14.2. The average molecular weight is 689 g/mol. The lowest BCUT2D eigenvalue weighted by molar-refractivity contribution is -0.139. The van der Waals surface area contributed by atoms with Crippen LogP contribution >= 0.6 is 39.1 Å². The summed E-state index contributed by atoms with van der Waals surface area (Å²) in [6, 6.07) is 27.8. The molecule has 218 valence electrons. The SMILES string of the molecule is CNC(=O)[C@@H](Cc1ccccc1)N(Cc1ccc(Cl)c(Cl)c1)C(=O)CN(c1ccc(Br)cc1)S(=O)(=O)c1ccccc1. The zero-order valence-corrected chi connectivity index (χ0v) is 26.5. The van der Waals surface area contributed by atoms with Crippen LogP contribution in [0, 0.1) is 0 Å². The molecule has 0 aliphatic carbocycles. The first-order valence-corrected chi connectivity index (χ1v) is 15.9. The van der Waals surface area contributed by atoms with E-state index in [1.165, 1.54) is 24.1 Å². The summed E-state index contributed by atoms with van der Waals surface area (Å²) in [5, 5.41) is 3.30. The number of carbonyl (C=O) groups excluding carboxylic acids is 2. The minimum atomic E-state index is -4.16. The summed E-state index contributed by atoms with van der Waals surface area (Å²) in [6.07, 6.45) is 0.206. The Balaban J connectivity index is 1.79. The van der Waals surface area contributed by atoms with E-state index in [4.69, 9.17) is 23.2 Å². The normalized spacial score (nSPS) is 11.9. The van der Waals surface area contributed by atoms with Crippen LogP contribution in [0.25, 0.3) is 0 Å². The molecule has 0 bridgehead atoms. The van der Waals surface area contributed by atoms with Gasteiger partial charge in [-0.1, -0.05) is 93.7 Å². The summed E-state index contributed by atoms with van der Waals surface area (Å²) in [6.45, 7) is -0.567. The summed E-state index contributed by atoms with van der Waals surface area (Å²) < 4.78 is 29.6. The summed E-state index contributed by atoms with van der Waals surface area (Å²) in [5.41, 5.74) is 1.75. The number of amides is 2. The van der Waals surface area contributed by atoms with Crippen LogP contribution in [-0.2, 0) is 32.6 Å². The van der Waals surface area contributed by atoms with Crippen LogP contribution < -0.4 is 9.62 Å². The first-order valence-electron chi connectivity index (χ1n) is 12.9. The van der Waals surface area contributed by atoms with Gasteiger partial charge in [0.2, 0.25) is 11.8 Å². The van der Waals surface area contributed by atoms with Crippen molar-refractivity contribution in [3.8, 4) is 0 Å². The predicted octanol–water partition coefficient (Wildman–Crippen LogP) is 6.34. The number of hydrogen-bond acceptors (Lipinski definition) is 4. The van der Waals surface area contributed by atoms with E-state index in [9.17, 15) is 18.0 Å². The Morgan fingerprint density at radius 1 is 0.833 bits per heavy atom. The molecule has 4 rings (SSSR count). The van der Waals surface area contributed by atoms with Crippen LogP contribution in [0.4, 0.5) is 5.69 Å². The fraction of sp³-hybridized carbons (Fsp3) is 0.161. The highest BCUT2D eigenvalue weighted by molar-refractivity contribution is 9.10. The third-order valence-corrected chi connectivity index (χ3v) is 9.63. The molecule has 0 spiro atoms. The minimum absolute atomic E-state index is 0.0137. The molecule has 11 heteroatoms.